The van der Waals surface area contributed by atoms with Crippen molar-refractivity contribution in [2.45, 2.75) is 6.54 Å². The molecule has 0 aliphatic carbocycles. The van der Waals surface area contributed by atoms with Gasteiger partial charge in [-0.25, -0.2) is 9.78 Å². The molecule has 1 aromatic heterocycles. The monoisotopic (exact) mass is 462 g/mol. The number of aromatic carboxylic acids is 1. The standard InChI is InChI=1S/C29H22N2O4/c1-35-28-13-7-5-11-25(28)24-10-4-2-9-23(24)19-31(20-32)27-12-6-3-8-22(27)16-14-21-15-17-26(29(33)34)30-18-21/h2-13,15,17-18,20H,19H2,1H3,(H,33,34). The van der Waals surface area contributed by atoms with Crippen LogP contribution in [0, 0.1) is 11.8 Å². The zero-order valence-electron chi connectivity index (χ0n) is 19.0. The topological polar surface area (TPSA) is 79.7 Å². The number of carboxylic acid groups (broad SMARTS) is 1. The number of hydrogen-bond acceptors (Lipinski definition) is 4. The van der Waals surface area contributed by atoms with Gasteiger partial charge in [0, 0.05) is 22.9 Å². The lowest BCUT2D eigenvalue weighted by atomic mass is 9.98. The average molecular weight is 463 g/mol. The minimum Gasteiger partial charge on any atom is -0.496 e. The van der Waals surface area contributed by atoms with E-state index in [1.54, 1.807) is 18.1 Å². The minimum absolute atomic E-state index is 0.0446. The van der Waals surface area contributed by atoms with Crippen molar-refractivity contribution in [2.75, 3.05) is 12.0 Å². The second-order valence-corrected chi connectivity index (χ2v) is 7.60. The summed E-state index contributed by atoms with van der Waals surface area (Å²) in [7, 11) is 1.64. The molecule has 1 N–H and O–H groups in total. The molecule has 4 rings (SSSR count). The summed E-state index contributed by atoms with van der Waals surface area (Å²) in [6.45, 7) is 0.339. The maximum atomic E-state index is 12.2. The highest BCUT2D eigenvalue weighted by molar-refractivity contribution is 5.85. The molecule has 6 nitrogen and oxygen atoms in total. The largest absolute Gasteiger partial charge is 0.496 e. The second-order valence-electron chi connectivity index (χ2n) is 7.60. The Hall–Kier alpha value is -4.89. The molecule has 0 aliphatic rings. The van der Waals surface area contributed by atoms with Gasteiger partial charge < -0.3 is 14.7 Å². The summed E-state index contributed by atoms with van der Waals surface area (Å²) < 4.78 is 5.55. The number of carbonyl (C=O) groups excluding carboxylic acids is 1. The van der Waals surface area contributed by atoms with E-state index in [9.17, 15) is 9.59 Å². The highest BCUT2D eigenvalue weighted by Crippen LogP contribution is 2.33. The number of carboxylic acids is 1. The fourth-order valence-electron chi connectivity index (χ4n) is 3.71. The van der Waals surface area contributed by atoms with Crippen molar-refractivity contribution >= 4 is 18.1 Å². The van der Waals surface area contributed by atoms with E-state index in [-0.39, 0.29) is 5.69 Å². The molecule has 35 heavy (non-hydrogen) atoms. The number of pyridine rings is 1. The van der Waals surface area contributed by atoms with E-state index < -0.39 is 5.97 Å². The number of para-hydroxylation sites is 2. The first-order valence-corrected chi connectivity index (χ1v) is 10.8. The number of benzene rings is 3. The van der Waals surface area contributed by atoms with Crippen LogP contribution in [-0.2, 0) is 11.3 Å². The fraction of sp³-hybridized carbons (Fsp3) is 0.0690. The van der Waals surface area contributed by atoms with E-state index >= 15 is 0 Å². The highest BCUT2D eigenvalue weighted by atomic mass is 16.5. The molecule has 0 atom stereocenters. The third-order valence-electron chi connectivity index (χ3n) is 5.42. The number of ether oxygens (including phenoxy) is 1. The first kappa shape index (κ1) is 23.3. The molecule has 0 bridgehead atoms. The van der Waals surface area contributed by atoms with Gasteiger partial charge >= 0.3 is 5.97 Å². The molecule has 0 saturated carbocycles. The zero-order chi connectivity index (χ0) is 24.6. The molecule has 6 heteroatoms. The zero-order valence-corrected chi connectivity index (χ0v) is 19.0. The van der Waals surface area contributed by atoms with Gasteiger partial charge in [0.15, 0.2) is 0 Å². The lowest BCUT2D eigenvalue weighted by Gasteiger charge is -2.21. The van der Waals surface area contributed by atoms with Gasteiger partial charge in [-0.3, -0.25) is 4.79 Å². The molecule has 4 aromatic rings. The van der Waals surface area contributed by atoms with Gasteiger partial charge in [0.25, 0.3) is 0 Å². The Labute approximate surface area is 203 Å². The van der Waals surface area contributed by atoms with Crippen LogP contribution in [0.25, 0.3) is 11.1 Å². The van der Waals surface area contributed by atoms with Gasteiger partial charge in [-0.05, 0) is 41.5 Å². The lowest BCUT2D eigenvalue weighted by molar-refractivity contribution is -0.107. The summed E-state index contributed by atoms with van der Waals surface area (Å²) >= 11 is 0. The van der Waals surface area contributed by atoms with Crippen molar-refractivity contribution in [2.24, 2.45) is 0 Å². The van der Waals surface area contributed by atoms with Crippen LogP contribution in [0.1, 0.15) is 27.2 Å². The normalized spacial score (nSPS) is 10.1. The van der Waals surface area contributed by atoms with Gasteiger partial charge in [0.1, 0.15) is 11.4 Å². The van der Waals surface area contributed by atoms with E-state index in [0.29, 0.717) is 23.4 Å². The number of hydrogen-bond donors (Lipinski definition) is 1. The van der Waals surface area contributed by atoms with Gasteiger partial charge in [-0.15, -0.1) is 0 Å². The number of rotatable bonds is 7. The number of aromatic nitrogens is 1. The maximum absolute atomic E-state index is 12.2. The Morgan fingerprint density at radius 3 is 2.37 bits per heavy atom. The Morgan fingerprint density at radius 2 is 1.66 bits per heavy atom. The van der Waals surface area contributed by atoms with Gasteiger partial charge in [-0.2, -0.15) is 0 Å². The third-order valence-corrected chi connectivity index (χ3v) is 5.42. The number of anilines is 1. The quantitative estimate of drug-likeness (QED) is 0.308. The first-order chi connectivity index (χ1) is 17.1. The molecule has 0 spiro atoms. The van der Waals surface area contributed by atoms with Crippen LogP contribution in [0.4, 0.5) is 5.69 Å². The Balaban J connectivity index is 1.66. The van der Waals surface area contributed by atoms with E-state index in [4.69, 9.17) is 9.84 Å². The smallest absolute Gasteiger partial charge is 0.354 e. The number of methoxy groups -OCH3 is 1. The van der Waals surface area contributed by atoms with Crippen molar-refractivity contribution in [3.05, 3.63) is 114 Å². The molecular formula is C29H22N2O4. The summed E-state index contributed by atoms with van der Waals surface area (Å²) in [5.74, 6) is 5.75. The molecule has 1 amide bonds. The van der Waals surface area contributed by atoms with Crippen molar-refractivity contribution in [3.63, 3.8) is 0 Å². The van der Waals surface area contributed by atoms with Gasteiger partial charge in [0.2, 0.25) is 6.41 Å². The van der Waals surface area contributed by atoms with Crippen LogP contribution >= 0.6 is 0 Å². The molecule has 3 aromatic carbocycles. The van der Waals surface area contributed by atoms with Crippen LogP contribution in [0.2, 0.25) is 0 Å². The highest BCUT2D eigenvalue weighted by Gasteiger charge is 2.15. The molecule has 172 valence electrons. The van der Waals surface area contributed by atoms with Crippen LogP contribution in [0.5, 0.6) is 5.75 Å². The summed E-state index contributed by atoms with van der Waals surface area (Å²) in [5.41, 5.74) is 4.74. The predicted molar refractivity (Wildman–Crippen MR) is 134 cm³/mol. The first-order valence-electron chi connectivity index (χ1n) is 10.8. The Bertz CT molecular complexity index is 1420. The van der Waals surface area contributed by atoms with E-state index in [1.165, 1.54) is 12.3 Å². The second kappa shape index (κ2) is 10.8. The fourth-order valence-corrected chi connectivity index (χ4v) is 3.71. The molecule has 0 aliphatic heterocycles. The molecule has 1 heterocycles. The van der Waals surface area contributed by atoms with Gasteiger partial charge in [0.05, 0.1) is 19.3 Å². The summed E-state index contributed by atoms with van der Waals surface area (Å²) in [6.07, 6.45) is 2.21. The average Bonchev–Trinajstić information content (AvgIpc) is 2.91. The van der Waals surface area contributed by atoms with Crippen LogP contribution in [-0.4, -0.2) is 29.6 Å². The molecule has 0 radical (unpaired) electrons. The maximum Gasteiger partial charge on any atom is 0.354 e. The minimum atomic E-state index is -1.09. The van der Waals surface area contributed by atoms with E-state index in [0.717, 1.165) is 28.8 Å². The Morgan fingerprint density at radius 1 is 0.943 bits per heavy atom. The molecule has 0 saturated heterocycles. The summed E-state index contributed by atoms with van der Waals surface area (Å²) in [4.78, 5) is 28.7. The van der Waals surface area contributed by atoms with Crippen molar-refractivity contribution in [1.29, 1.82) is 0 Å². The lowest BCUT2D eigenvalue weighted by Crippen LogP contribution is -2.21. The number of amides is 1. The van der Waals surface area contributed by atoms with Crippen LogP contribution in [0.15, 0.2) is 91.1 Å². The molecular weight excluding hydrogens is 440 g/mol. The van der Waals surface area contributed by atoms with E-state index in [2.05, 4.69) is 16.8 Å². The summed E-state index contributed by atoms with van der Waals surface area (Å²) in [5, 5.41) is 9.01. The third kappa shape index (κ3) is 5.37. The van der Waals surface area contributed by atoms with E-state index in [1.807, 2.05) is 72.8 Å². The van der Waals surface area contributed by atoms with Crippen molar-refractivity contribution < 1.29 is 19.4 Å². The molecule has 0 fully saturated rings. The van der Waals surface area contributed by atoms with Crippen LogP contribution in [0.3, 0.4) is 0 Å². The van der Waals surface area contributed by atoms with Gasteiger partial charge in [-0.1, -0.05) is 66.4 Å². The van der Waals surface area contributed by atoms with Crippen molar-refractivity contribution in [1.82, 2.24) is 4.98 Å². The number of nitrogens with zero attached hydrogens (tertiary/aromatic N) is 2. The number of carbonyl (C=O) groups is 2. The Kier molecular flexibility index (Phi) is 7.19. The SMILES string of the molecule is COc1ccccc1-c1ccccc1CN(C=O)c1ccccc1C#Cc1ccc(C(=O)O)nc1. The summed E-state index contributed by atoms with van der Waals surface area (Å²) in [6, 6.07) is 26.1. The van der Waals surface area contributed by atoms with Crippen molar-refractivity contribution in [3.8, 4) is 28.7 Å². The predicted octanol–water partition coefficient (Wildman–Crippen LogP) is 5.02. The molecule has 0 unspecified atom stereocenters. The van der Waals surface area contributed by atoms with Crippen LogP contribution < -0.4 is 9.64 Å².